The Morgan fingerprint density at radius 3 is 2.41 bits per heavy atom. The summed E-state index contributed by atoms with van der Waals surface area (Å²) in [7, 11) is 0. The van der Waals surface area contributed by atoms with E-state index in [1.54, 1.807) is 0 Å². The monoisotopic (exact) mass is 239 g/mol. The number of hydrogen-bond donors (Lipinski definition) is 1. The van der Waals surface area contributed by atoms with Crippen molar-refractivity contribution in [2.75, 3.05) is 0 Å². The molecule has 0 saturated carbocycles. The topological polar surface area (TPSA) is 64.9 Å². The van der Waals surface area contributed by atoms with Crippen molar-refractivity contribution in [3.63, 3.8) is 0 Å². The Kier molecular flexibility index (Phi) is 4.69. The van der Waals surface area contributed by atoms with Gasteiger partial charge in [0.05, 0.1) is 0 Å². The van der Waals surface area contributed by atoms with Crippen LogP contribution in [0.2, 0.25) is 0 Å². The van der Waals surface area contributed by atoms with Gasteiger partial charge in [-0.05, 0) is 17.8 Å². The summed E-state index contributed by atoms with van der Waals surface area (Å²) in [6, 6.07) is 0.0855. The van der Waals surface area contributed by atoms with Gasteiger partial charge < -0.3 is 10.3 Å². The summed E-state index contributed by atoms with van der Waals surface area (Å²) in [6.45, 7) is 10.8. The lowest BCUT2D eigenvalue weighted by Gasteiger charge is -2.21. The first-order valence-corrected chi connectivity index (χ1v) is 6.33. The minimum Gasteiger partial charge on any atom is -0.339 e. The van der Waals surface area contributed by atoms with Crippen LogP contribution in [0.3, 0.4) is 0 Å². The Balaban J connectivity index is 2.49. The molecule has 0 aromatic carbocycles. The second-order valence-electron chi connectivity index (χ2n) is 6.43. The summed E-state index contributed by atoms with van der Waals surface area (Å²) >= 11 is 0. The largest absolute Gasteiger partial charge is 0.339 e. The average molecular weight is 239 g/mol. The lowest BCUT2D eigenvalue weighted by atomic mass is 9.87. The van der Waals surface area contributed by atoms with E-state index in [9.17, 15) is 0 Å². The molecule has 98 valence electrons. The molecular formula is C13H25N3O. The van der Waals surface area contributed by atoms with Crippen molar-refractivity contribution < 1.29 is 4.52 Å². The first kappa shape index (κ1) is 14.2. The molecule has 17 heavy (non-hydrogen) atoms. The van der Waals surface area contributed by atoms with Crippen LogP contribution in [0.4, 0.5) is 0 Å². The van der Waals surface area contributed by atoms with E-state index in [0.29, 0.717) is 18.2 Å². The number of hydrogen-bond acceptors (Lipinski definition) is 4. The number of rotatable bonds is 5. The minimum atomic E-state index is 0.0855. The van der Waals surface area contributed by atoms with Gasteiger partial charge in [0, 0.05) is 18.9 Å². The van der Waals surface area contributed by atoms with E-state index >= 15 is 0 Å². The van der Waals surface area contributed by atoms with Crippen LogP contribution in [0.5, 0.6) is 0 Å². The van der Waals surface area contributed by atoms with Gasteiger partial charge in [-0.1, -0.05) is 39.8 Å². The smallest absolute Gasteiger partial charge is 0.228 e. The lowest BCUT2D eigenvalue weighted by Crippen LogP contribution is -2.28. The van der Waals surface area contributed by atoms with Gasteiger partial charge in [-0.25, -0.2) is 0 Å². The Hall–Kier alpha value is -0.900. The SMILES string of the molecule is CC(C)Cc1noc(CC(N)CC(C)(C)C)n1. The molecule has 0 radical (unpaired) electrons. The molecular weight excluding hydrogens is 214 g/mol. The maximum atomic E-state index is 6.07. The van der Waals surface area contributed by atoms with Crippen LogP contribution in [0.15, 0.2) is 4.52 Å². The highest BCUT2D eigenvalue weighted by atomic mass is 16.5. The Morgan fingerprint density at radius 2 is 1.88 bits per heavy atom. The summed E-state index contributed by atoms with van der Waals surface area (Å²) in [6.07, 6.45) is 2.48. The normalized spacial score (nSPS) is 14.3. The van der Waals surface area contributed by atoms with Crippen molar-refractivity contribution >= 4 is 0 Å². The Bertz CT molecular complexity index is 339. The van der Waals surface area contributed by atoms with Gasteiger partial charge in [0.1, 0.15) is 0 Å². The maximum absolute atomic E-state index is 6.07. The van der Waals surface area contributed by atoms with Crippen molar-refractivity contribution in [2.45, 2.75) is 59.9 Å². The molecule has 0 bridgehead atoms. The fourth-order valence-corrected chi connectivity index (χ4v) is 1.90. The first-order chi connectivity index (χ1) is 7.76. The third kappa shape index (κ3) is 5.82. The summed E-state index contributed by atoms with van der Waals surface area (Å²) < 4.78 is 5.21. The molecule has 0 aliphatic rings. The van der Waals surface area contributed by atoms with Crippen LogP contribution < -0.4 is 5.73 Å². The lowest BCUT2D eigenvalue weighted by molar-refractivity contribution is 0.312. The quantitative estimate of drug-likeness (QED) is 0.857. The maximum Gasteiger partial charge on any atom is 0.228 e. The summed E-state index contributed by atoms with van der Waals surface area (Å²) in [5.74, 6) is 2.00. The van der Waals surface area contributed by atoms with Crippen LogP contribution in [0.25, 0.3) is 0 Å². The van der Waals surface area contributed by atoms with E-state index in [2.05, 4.69) is 44.8 Å². The van der Waals surface area contributed by atoms with Crippen LogP contribution in [0, 0.1) is 11.3 Å². The highest BCUT2D eigenvalue weighted by molar-refractivity contribution is 4.90. The van der Waals surface area contributed by atoms with Gasteiger partial charge in [-0.3, -0.25) is 0 Å². The zero-order valence-electron chi connectivity index (χ0n) is 11.7. The molecule has 2 N–H and O–H groups in total. The predicted molar refractivity (Wildman–Crippen MR) is 68.6 cm³/mol. The molecule has 0 aliphatic carbocycles. The van der Waals surface area contributed by atoms with Gasteiger partial charge in [-0.2, -0.15) is 4.98 Å². The Morgan fingerprint density at radius 1 is 1.24 bits per heavy atom. The van der Waals surface area contributed by atoms with Crippen molar-refractivity contribution in [1.82, 2.24) is 10.1 Å². The van der Waals surface area contributed by atoms with E-state index in [1.807, 2.05) is 0 Å². The standard InChI is InChI=1S/C13H25N3O/c1-9(2)6-11-15-12(17-16-11)7-10(14)8-13(3,4)5/h9-10H,6-8,14H2,1-5H3. The molecule has 0 fully saturated rings. The molecule has 1 aromatic rings. The molecule has 1 rings (SSSR count). The summed E-state index contributed by atoms with van der Waals surface area (Å²) in [5, 5.41) is 3.96. The zero-order chi connectivity index (χ0) is 13.1. The Labute approximate surface area is 104 Å². The number of aromatic nitrogens is 2. The predicted octanol–water partition coefficient (Wildman–Crippen LogP) is 2.57. The van der Waals surface area contributed by atoms with Crippen molar-refractivity contribution in [3.8, 4) is 0 Å². The van der Waals surface area contributed by atoms with E-state index in [0.717, 1.165) is 18.7 Å². The highest BCUT2D eigenvalue weighted by Crippen LogP contribution is 2.21. The van der Waals surface area contributed by atoms with Crippen molar-refractivity contribution in [2.24, 2.45) is 17.1 Å². The van der Waals surface area contributed by atoms with Gasteiger partial charge >= 0.3 is 0 Å². The van der Waals surface area contributed by atoms with Gasteiger partial charge in [0.15, 0.2) is 5.82 Å². The molecule has 0 saturated heterocycles. The third-order valence-electron chi connectivity index (χ3n) is 2.41. The minimum absolute atomic E-state index is 0.0855. The van der Waals surface area contributed by atoms with Crippen LogP contribution in [0.1, 0.15) is 52.8 Å². The van der Waals surface area contributed by atoms with Gasteiger partial charge in [0.2, 0.25) is 5.89 Å². The van der Waals surface area contributed by atoms with E-state index in [1.165, 1.54) is 0 Å². The second kappa shape index (κ2) is 5.63. The third-order valence-corrected chi connectivity index (χ3v) is 2.41. The van der Waals surface area contributed by atoms with E-state index in [-0.39, 0.29) is 11.5 Å². The molecule has 0 amide bonds. The van der Waals surface area contributed by atoms with Crippen molar-refractivity contribution in [1.29, 1.82) is 0 Å². The van der Waals surface area contributed by atoms with Crippen molar-refractivity contribution in [3.05, 3.63) is 11.7 Å². The number of nitrogens with two attached hydrogens (primary N) is 1. The molecule has 1 atom stereocenters. The average Bonchev–Trinajstić information content (AvgIpc) is 2.46. The second-order valence-corrected chi connectivity index (χ2v) is 6.43. The van der Waals surface area contributed by atoms with E-state index in [4.69, 9.17) is 10.3 Å². The molecule has 1 unspecified atom stereocenters. The van der Waals surface area contributed by atoms with Crippen LogP contribution >= 0.6 is 0 Å². The fourth-order valence-electron chi connectivity index (χ4n) is 1.90. The first-order valence-electron chi connectivity index (χ1n) is 6.33. The number of nitrogens with zero attached hydrogens (tertiary/aromatic N) is 2. The molecule has 4 nitrogen and oxygen atoms in total. The fraction of sp³-hybridized carbons (Fsp3) is 0.846. The van der Waals surface area contributed by atoms with Gasteiger partial charge in [-0.15, -0.1) is 0 Å². The molecule has 0 aliphatic heterocycles. The molecule has 1 heterocycles. The molecule has 1 aromatic heterocycles. The van der Waals surface area contributed by atoms with Crippen LogP contribution in [-0.2, 0) is 12.8 Å². The summed E-state index contributed by atoms with van der Waals surface area (Å²) in [4.78, 5) is 4.36. The highest BCUT2D eigenvalue weighted by Gasteiger charge is 2.18. The van der Waals surface area contributed by atoms with Crippen LogP contribution in [-0.4, -0.2) is 16.2 Å². The molecule has 4 heteroatoms. The zero-order valence-corrected chi connectivity index (χ0v) is 11.7. The molecule has 0 spiro atoms. The van der Waals surface area contributed by atoms with Gasteiger partial charge in [0.25, 0.3) is 0 Å². The summed E-state index contributed by atoms with van der Waals surface area (Å²) in [5.41, 5.74) is 6.31. The van der Waals surface area contributed by atoms with E-state index < -0.39 is 0 Å².